The second-order valence-corrected chi connectivity index (χ2v) is 6.62. The van der Waals surface area contributed by atoms with Crippen LogP contribution < -0.4 is 5.32 Å². The Morgan fingerprint density at radius 2 is 1.71 bits per heavy atom. The van der Waals surface area contributed by atoms with E-state index in [-0.39, 0.29) is 5.54 Å². The minimum absolute atomic E-state index is 0.268. The SMILES string of the molecule is CCCCCCCC(NCC)C(C)(CC)N1CCOCC1. The van der Waals surface area contributed by atoms with Crippen molar-refractivity contribution >= 4 is 0 Å². The second kappa shape index (κ2) is 10.6. The van der Waals surface area contributed by atoms with E-state index >= 15 is 0 Å². The predicted octanol–water partition coefficient (Wildman–Crippen LogP) is 3.83. The van der Waals surface area contributed by atoms with Crippen molar-refractivity contribution in [3.63, 3.8) is 0 Å². The van der Waals surface area contributed by atoms with Gasteiger partial charge in [-0.05, 0) is 26.3 Å². The van der Waals surface area contributed by atoms with E-state index in [0.29, 0.717) is 6.04 Å². The van der Waals surface area contributed by atoms with Gasteiger partial charge in [0.25, 0.3) is 0 Å². The van der Waals surface area contributed by atoms with E-state index in [4.69, 9.17) is 4.74 Å². The maximum Gasteiger partial charge on any atom is 0.0594 e. The lowest BCUT2D eigenvalue weighted by Gasteiger charge is -2.48. The van der Waals surface area contributed by atoms with Gasteiger partial charge in [-0.3, -0.25) is 4.90 Å². The van der Waals surface area contributed by atoms with Crippen molar-refractivity contribution in [2.24, 2.45) is 0 Å². The summed E-state index contributed by atoms with van der Waals surface area (Å²) in [5.41, 5.74) is 0.268. The van der Waals surface area contributed by atoms with Crippen LogP contribution in [-0.4, -0.2) is 49.3 Å². The Kier molecular flexibility index (Phi) is 9.54. The molecule has 1 N–H and O–H groups in total. The molecular weight excluding hydrogens is 260 g/mol. The van der Waals surface area contributed by atoms with Gasteiger partial charge in [0.15, 0.2) is 0 Å². The molecule has 1 rings (SSSR count). The van der Waals surface area contributed by atoms with E-state index in [2.05, 4.69) is 37.9 Å². The van der Waals surface area contributed by atoms with Gasteiger partial charge in [0, 0.05) is 24.7 Å². The van der Waals surface area contributed by atoms with Crippen LogP contribution in [0.15, 0.2) is 0 Å². The molecule has 0 bridgehead atoms. The van der Waals surface area contributed by atoms with Gasteiger partial charge in [0.1, 0.15) is 0 Å². The lowest BCUT2D eigenvalue weighted by atomic mass is 9.83. The van der Waals surface area contributed by atoms with Crippen molar-refractivity contribution in [1.82, 2.24) is 10.2 Å². The van der Waals surface area contributed by atoms with Crippen LogP contribution in [0.3, 0.4) is 0 Å². The first-order chi connectivity index (χ1) is 10.2. The zero-order valence-electron chi connectivity index (χ0n) is 14.9. The fraction of sp³-hybridized carbons (Fsp3) is 1.00. The summed E-state index contributed by atoms with van der Waals surface area (Å²) in [4.78, 5) is 2.66. The van der Waals surface area contributed by atoms with Crippen LogP contribution >= 0.6 is 0 Å². The molecule has 3 nitrogen and oxygen atoms in total. The maximum atomic E-state index is 5.54. The third-order valence-corrected chi connectivity index (χ3v) is 5.25. The molecule has 3 heteroatoms. The largest absolute Gasteiger partial charge is 0.379 e. The Labute approximate surface area is 132 Å². The van der Waals surface area contributed by atoms with E-state index in [9.17, 15) is 0 Å². The molecule has 2 atom stereocenters. The molecule has 0 amide bonds. The Hall–Kier alpha value is -0.120. The van der Waals surface area contributed by atoms with Crippen molar-refractivity contribution in [2.45, 2.75) is 84.2 Å². The van der Waals surface area contributed by atoms with Crippen LogP contribution in [0, 0.1) is 0 Å². The van der Waals surface area contributed by atoms with Crippen molar-refractivity contribution < 1.29 is 4.74 Å². The summed E-state index contributed by atoms with van der Waals surface area (Å²) >= 11 is 0. The van der Waals surface area contributed by atoms with Gasteiger partial charge in [0.2, 0.25) is 0 Å². The number of unbranched alkanes of at least 4 members (excludes halogenated alkanes) is 4. The third kappa shape index (κ3) is 5.88. The van der Waals surface area contributed by atoms with Gasteiger partial charge in [-0.15, -0.1) is 0 Å². The zero-order valence-corrected chi connectivity index (χ0v) is 14.9. The van der Waals surface area contributed by atoms with E-state index in [1.54, 1.807) is 0 Å². The molecule has 0 radical (unpaired) electrons. The lowest BCUT2D eigenvalue weighted by Crippen LogP contribution is -2.61. The Morgan fingerprint density at radius 3 is 2.29 bits per heavy atom. The minimum Gasteiger partial charge on any atom is -0.379 e. The summed E-state index contributed by atoms with van der Waals surface area (Å²) in [7, 11) is 0. The second-order valence-electron chi connectivity index (χ2n) is 6.62. The molecule has 126 valence electrons. The summed E-state index contributed by atoms with van der Waals surface area (Å²) in [6, 6.07) is 0.604. The topological polar surface area (TPSA) is 24.5 Å². The number of hydrogen-bond donors (Lipinski definition) is 1. The first-order valence-corrected chi connectivity index (χ1v) is 9.25. The molecule has 1 saturated heterocycles. The number of rotatable bonds is 11. The van der Waals surface area contributed by atoms with Gasteiger partial charge >= 0.3 is 0 Å². The fourth-order valence-corrected chi connectivity index (χ4v) is 3.60. The molecule has 1 aliphatic heterocycles. The molecule has 0 aromatic heterocycles. The highest BCUT2D eigenvalue weighted by molar-refractivity contribution is 4.96. The molecule has 0 aromatic rings. The van der Waals surface area contributed by atoms with Gasteiger partial charge in [-0.25, -0.2) is 0 Å². The molecule has 0 aromatic carbocycles. The smallest absolute Gasteiger partial charge is 0.0594 e. The first-order valence-electron chi connectivity index (χ1n) is 9.25. The molecule has 21 heavy (non-hydrogen) atoms. The molecule has 0 aliphatic carbocycles. The Morgan fingerprint density at radius 1 is 1.05 bits per heavy atom. The van der Waals surface area contributed by atoms with Crippen LogP contribution in [0.5, 0.6) is 0 Å². The molecule has 1 aliphatic rings. The van der Waals surface area contributed by atoms with Gasteiger partial charge in [-0.1, -0.05) is 52.9 Å². The van der Waals surface area contributed by atoms with E-state index in [1.807, 2.05) is 0 Å². The molecule has 0 spiro atoms. The van der Waals surface area contributed by atoms with Crippen molar-refractivity contribution in [1.29, 1.82) is 0 Å². The average molecular weight is 299 g/mol. The van der Waals surface area contributed by atoms with Crippen LogP contribution in [-0.2, 0) is 4.74 Å². The summed E-state index contributed by atoms with van der Waals surface area (Å²) < 4.78 is 5.54. The average Bonchev–Trinajstić information content (AvgIpc) is 2.53. The van der Waals surface area contributed by atoms with Gasteiger partial charge in [0.05, 0.1) is 13.2 Å². The summed E-state index contributed by atoms with van der Waals surface area (Å²) in [5, 5.41) is 3.78. The lowest BCUT2D eigenvalue weighted by molar-refractivity contribution is -0.0335. The number of likely N-dealkylation sites (N-methyl/N-ethyl adjacent to an activating group) is 1. The standard InChI is InChI=1S/C18H38N2O/c1-5-8-9-10-11-12-17(19-7-3)18(4,6-2)20-13-15-21-16-14-20/h17,19H,5-16H2,1-4H3. The molecular formula is C18H38N2O. The van der Waals surface area contributed by atoms with E-state index < -0.39 is 0 Å². The molecule has 2 unspecified atom stereocenters. The highest BCUT2D eigenvalue weighted by Gasteiger charge is 2.38. The molecule has 1 fully saturated rings. The van der Waals surface area contributed by atoms with Crippen LogP contribution in [0.1, 0.15) is 72.6 Å². The van der Waals surface area contributed by atoms with Crippen LogP contribution in [0.4, 0.5) is 0 Å². The highest BCUT2D eigenvalue weighted by atomic mass is 16.5. The summed E-state index contributed by atoms with van der Waals surface area (Å²) in [5.74, 6) is 0. The van der Waals surface area contributed by atoms with Gasteiger partial charge in [-0.2, -0.15) is 0 Å². The number of ether oxygens (including phenoxy) is 1. The maximum absolute atomic E-state index is 5.54. The summed E-state index contributed by atoms with van der Waals surface area (Å²) in [6.07, 6.45) is 9.38. The molecule has 1 heterocycles. The van der Waals surface area contributed by atoms with Crippen molar-refractivity contribution in [3.8, 4) is 0 Å². The number of nitrogens with one attached hydrogen (secondary N) is 1. The van der Waals surface area contributed by atoms with E-state index in [1.165, 1.54) is 44.9 Å². The Balaban J connectivity index is 2.56. The van der Waals surface area contributed by atoms with Crippen LogP contribution in [0.25, 0.3) is 0 Å². The minimum atomic E-state index is 0.268. The Bertz CT molecular complexity index is 254. The third-order valence-electron chi connectivity index (χ3n) is 5.25. The fourth-order valence-electron chi connectivity index (χ4n) is 3.60. The number of hydrogen-bond acceptors (Lipinski definition) is 3. The van der Waals surface area contributed by atoms with Crippen molar-refractivity contribution in [2.75, 3.05) is 32.8 Å². The number of nitrogens with zero attached hydrogens (tertiary/aromatic N) is 1. The van der Waals surface area contributed by atoms with Gasteiger partial charge < -0.3 is 10.1 Å². The normalized spacial score (nSPS) is 21.1. The predicted molar refractivity (Wildman–Crippen MR) is 91.9 cm³/mol. The zero-order chi connectivity index (χ0) is 15.6. The van der Waals surface area contributed by atoms with E-state index in [0.717, 1.165) is 32.8 Å². The summed E-state index contributed by atoms with van der Waals surface area (Å²) in [6.45, 7) is 14.3. The highest BCUT2D eigenvalue weighted by Crippen LogP contribution is 2.28. The monoisotopic (exact) mass is 298 g/mol. The quantitative estimate of drug-likeness (QED) is 0.587. The molecule has 0 saturated carbocycles. The van der Waals surface area contributed by atoms with Crippen molar-refractivity contribution in [3.05, 3.63) is 0 Å². The first kappa shape index (κ1) is 18.9. The van der Waals surface area contributed by atoms with Crippen LogP contribution in [0.2, 0.25) is 0 Å². The number of morpholine rings is 1.